The summed E-state index contributed by atoms with van der Waals surface area (Å²) in [4.78, 5) is 15.0. The Morgan fingerprint density at radius 2 is 2.14 bits per heavy atom. The zero-order chi connectivity index (χ0) is 15.2. The average Bonchev–Trinajstić information content (AvgIpc) is 2.97. The van der Waals surface area contributed by atoms with Crippen LogP contribution >= 0.6 is 0 Å². The molecule has 0 radical (unpaired) electrons. The molecule has 1 heterocycles. The van der Waals surface area contributed by atoms with Crippen molar-refractivity contribution in [2.75, 3.05) is 27.3 Å². The Morgan fingerprint density at radius 1 is 1.43 bits per heavy atom. The van der Waals surface area contributed by atoms with E-state index in [4.69, 9.17) is 4.74 Å². The Hall–Kier alpha value is -2.25. The van der Waals surface area contributed by atoms with E-state index in [1.54, 1.807) is 7.05 Å². The zero-order valence-corrected chi connectivity index (χ0v) is 12.0. The number of carbonyl (C=O) groups is 1. The van der Waals surface area contributed by atoms with Crippen LogP contribution in [0.25, 0.3) is 5.69 Å². The van der Waals surface area contributed by atoms with Gasteiger partial charge in [-0.3, -0.25) is 4.79 Å². The van der Waals surface area contributed by atoms with Crippen LogP contribution in [0.1, 0.15) is 10.5 Å². The SMILES string of the molecule is COCC(O)CN(C)C(=O)c1cnn(-c2ccccc2)n1. The van der Waals surface area contributed by atoms with E-state index in [0.717, 1.165) is 5.69 Å². The van der Waals surface area contributed by atoms with Gasteiger partial charge in [-0.05, 0) is 12.1 Å². The Bertz CT molecular complexity index is 585. The minimum Gasteiger partial charge on any atom is -0.389 e. The highest BCUT2D eigenvalue weighted by atomic mass is 16.5. The number of rotatable bonds is 6. The van der Waals surface area contributed by atoms with Crippen LogP contribution < -0.4 is 0 Å². The number of amides is 1. The third-order valence-electron chi connectivity index (χ3n) is 2.89. The molecule has 1 amide bonds. The van der Waals surface area contributed by atoms with Gasteiger partial charge in [0.2, 0.25) is 0 Å². The summed E-state index contributed by atoms with van der Waals surface area (Å²) in [5.41, 5.74) is 1.00. The molecule has 0 aliphatic heterocycles. The smallest absolute Gasteiger partial charge is 0.275 e. The molecule has 0 aliphatic carbocycles. The van der Waals surface area contributed by atoms with Crippen LogP contribution in [0.3, 0.4) is 0 Å². The molecule has 1 unspecified atom stereocenters. The molecule has 0 spiro atoms. The molecule has 112 valence electrons. The van der Waals surface area contributed by atoms with E-state index in [0.29, 0.717) is 0 Å². The Morgan fingerprint density at radius 3 is 2.81 bits per heavy atom. The Labute approximate surface area is 122 Å². The molecular formula is C14H18N4O3. The molecule has 2 aromatic rings. The molecule has 7 nitrogen and oxygen atoms in total. The summed E-state index contributed by atoms with van der Waals surface area (Å²) in [5, 5.41) is 17.9. The number of carbonyl (C=O) groups excluding carboxylic acids is 1. The molecule has 0 saturated carbocycles. The second-order valence-corrected chi connectivity index (χ2v) is 4.65. The summed E-state index contributed by atoms with van der Waals surface area (Å²) in [6, 6.07) is 9.32. The molecule has 0 saturated heterocycles. The number of likely N-dealkylation sites (N-methyl/N-ethyl adjacent to an activating group) is 1. The fourth-order valence-corrected chi connectivity index (χ4v) is 1.89. The largest absolute Gasteiger partial charge is 0.389 e. The molecule has 1 N–H and O–H groups in total. The normalized spacial score (nSPS) is 12.1. The standard InChI is InChI=1S/C14H18N4O3/c1-17(9-12(19)10-21-2)14(20)13-8-15-18(16-13)11-6-4-3-5-7-11/h3-8,12,19H,9-10H2,1-2H3. The highest BCUT2D eigenvalue weighted by Crippen LogP contribution is 2.06. The maximum atomic E-state index is 12.2. The van der Waals surface area contributed by atoms with Crippen LogP contribution in [0.2, 0.25) is 0 Å². The van der Waals surface area contributed by atoms with Crippen molar-refractivity contribution in [3.8, 4) is 5.69 Å². The summed E-state index contributed by atoms with van der Waals surface area (Å²) in [7, 11) is 3.10. The van der Waals surface area contributed by atoms with Crippen molar-refractivity contribution >= 4 is 5.91 Å². The quantitative estimate of drug-likeness (QED) is 0.830. The lowest BCUT2D eigenvalue weighted by atomic mass is 10.3. The van der Waals surface area contributed by atoms with Gasteiger partial charge >= 0.3 is 0 Å². The van der Waals surface area contributed by atoms with E-state index in [9.17, 15) is 9.90 Å². The number of para-hydroxylation sites is 1. The van der Waals surface area contributed by atoms with Gasteiger partial charge in [0.25, 0.3) is 5.91 Å². The lowest BCUT2D eigenvalue weighted by Gasteiger charge is -2.19. The third kappa shape index (κ3) is 3.87. The van der Waals surface area contributed by atoms with Crippen molar-refractivity contribution in [2.24, 2.45) is 0 Å². The van der Waals surface area contributed by atoms with Gasteiger partial charge in [0.15, 0.2) is 5.69 Å². The summed E-state index contributed by atoms with van der Waals surface area (Å²) in [6.45, 7) is 0.346. The van der Waals surface area contributed by atoms with E-state index >= 15 is 0 Å². The highest BCUT2D eigenvalue weighted by molar-refractivity contribution is 5.91. The van der Waals surface area contributed by atoms with Gasteiger partial charge < -0.3 is 14.7 Å². The molecule has 7 heteroatoms. The van der Waals surface area contributed by atoms with E-state index in [2.05, 4.69) is 10.2 Å². The predicted octanol–water partition coefficient (Wildman–Crippen LogP) is 0.347. The van der Waals surface area contributed by atoms with Crippen molar-refractivity contribution in [3.63, 3.8) is 0 Å². The number of methoxy groups -OCH3 is 1. The number of aliphatic hydroxyl groups excluding tert-OH is 1. The van der Waals surface area contributed by atoms with Gasteiger partial charge in [-0.15, -0.1) is 5.10 Å². The van der Waals surface area contributed by atoms with Crippen molar-refractivity contribution in [2.45, 2.75) is 6.10 Å². The lowest BCUT2D eigenvalue weighted by molar-refractivity contribution is 0.0377. The average molecular weight is 290 g/mol. The predicted molar refractivity (Wildman–Crippen MR) is 76.2 cm³/mol. The van der Waals surface area contributed by atoms with Crippen LogP contribution in [0.4, 0.5) is 0 Å². The molecule has 0 bridgehead atoms. The number of hydrogen-bond acceptors (Lipinski definition) is 5. The zero-order valence-electron chi connectivity index (χ0n) is 12.0. The molecule has 1 atom stereocenters. The monoisotopic (exact) mass is 290 g/mol. The second-order valence-electron chi connectivity index (χ2n) is 4.65. The number of benzene rings is 1. The molecule has 0 aliphatic rings. The number of aliphatic hydroxyl groups is 1. The van der Waals surface area contributed by atoms with Crippen LogP contribution in [-0.2, 0) is 4.74 Å². The molecule has 0 fully saturated rings. The molecule has 21 heavy (non-hydrogen) atoms. The van der Waals surface area contributed by atoms with E-state index in [1.165, 1.54) is 23.0 Å². The van der Waals surface area contributed by atoms with E-state index in [1.807, 2.05) is 30.3 Å². The van der Waals surface area contributed by atoms with E-state index < -0.39 is 6.10 Å². The Balaban J connectivity index is 2.05. The van der Waals surface area contributed by atoms with Crippen LogP contribution in [0.5, 0.6) is 0 Å². The van der Waals surface area contributed by atoms with Crippen LogP contribution in [0.15, 0.2) is 36.5 Å². The molecule has 1 aromatic carbocycles. The minimum absolute atomic E-state index is 0.171. The number of ether oxygens (including phenoxy) is 1. The fraction of sp³-hybridized carbons (Fsp3) is 0.357. The Kier molecular flexibility index (Phi) is 5.02. The fourth-order valence-electron chi connectivity index (χ4n) is 1.89. The second kappa shape index (κ2) is 6.96. The van der Waals surface area contributed by atoms with Gasteiger partial charge in [0, 0.05) is 20.7 Å². The van der Waals surface area contributed by atoms with Gasteiger partial charge in [-0.1, -0.05) is 18.2 Å². The number of hydrogen-bond donors (Lipinski definition) is 1. The summed E-state index contributed by atoms with van der Waals surface area (Å²) >= 11 is 0. The van der Waals surface area contributed by atoms with Crippen molar-refractivity contribution in [3.05, 3.63) is 42.2 Å². The van der Waals surface area contributed by atoms with Crippen molar-refractivity contribution in [1.29, 1.82) is 0 Å². The summed E-state index contributed by atoms with van der Waals surface area (Å²) in [5.74, 6) is -0.299. The van der Waals surface area contributed by atoms with Gasteiger partial charge in [0.1, 0.15) is 0 Å². The first-order chi connectivity index (χ1) is 10.1. The maximum absolute atomic E-state index is 12.2. The molecule has 2 rings (SSSR count). The van der Waals surface area contributed by atoms with Crippen molar-refractivity contribution in [1.82, 2.24) is 19.9 Å². The van der Waals surface area contributed by atoms with Crippen molar-refractivity contribution < 1.29 is 14.6 Å². The van der Waals surface area contributed by atoms with Crippen LogP contribution in [0, 0.1) is 0 Å². The summed E-state index contributed by atoms with van der Waals surface area (Å²) < 4.78 is 4.83. The highest BCUT2D eigenvalue weighted by Gasteiger charge is 2.18. The van der Waals surface area contributed by atoms with Crippen LogP contribution in [-0.4, -0.2) is 64.3 Å². The number of aromatic nitrogens is 3. The first-order valence-electron chi connectivity index (χ1n) is 6.52. The van der Waals surface area contributed by atoms with E-state index in [-0.39, 0.29) is 24.8 Å². The third-order valence-corrected chi connectivity index (χ3v) is 2.89. The van der Waals surface area contributed by atoms with Gasteiger partial charge in [0.05, 0.1) is 24.6 Å². The van der Waals surface area contributed by atoms with Gasteiger partial charge in [-0.25, -0.2) is 0 Å². The topological polar surface area (TPSA) is 80.5 Å². The maximum Gasteiger partial charge on any atom is 0.275 e. The minimum atomic E-state index is -0.729. The molecule has 1 aromatic heterocycles. The van der Waals surface area contributed by atoms with Gasteiger partial charge in [-0.2, -0.15) is 9.90 Å². The first-order valence-corrected chi connectivity index (χ1v) is 6.52. The first kappa shape index (κ1) is 15.1. The summed E-state index contributed by atoms with van der Waals surface area (Å²) in [6.07, 6.45) is 0.683. The lowest BCUT2D eigenvalue weighted by Crippen LogP contribution is -2.36. The molecular weight excluding hydrogens is 272 g/mol. The number of nitrogens with zero attached hydrogens (tertiary/aromatic N) is 4.